The lowest BCUT2D eigenvalue weighted by Crippen LogP contribution is -2.62. The van der Waals surface area contributed by atoms with E-state index in [-0.39, 0.29) is 47.8 Å². The molecular weight excluding hydrogens is 372 g/mol. The second-order valence-electron chi connectivity index (χ2n) is 6.68. The molecule has 2 amide bonds. The minimum atomic E-state index is -3.37. The maximum Gasteiger partial charge on any atom is 0.276 e. The second kappa shape index (κ2) is 6.45. The average Bonchev–Trinajstić information content (AvgIpc) is 3.22. The molecule has 4 heterocycles. The Morgan fingerprint density at radius 1 is 1.07 bits per heavy atom. The Balaban J connectivity index is 1.65. The minimum Gasteiger partial charge on any atom is -0.448 e. The van der Waals surface area contributed by atoms with Crippen molar-refractivity contribution in [3.8, 4) is 0 Å². The molecule has 0 saturated carbocycles. The van der Waals surface area contributed by atoms with E-state index in [0.717, 1.165) is 0 Å². The number of nitrogens with zero attached hydrogens (tertiary/aromatic N) is 4. The predicted octanol–water partition coefficient (Wildman–Crippen LogP) is 0.142. The van der Waals surface area contributed by atoms with Gasteiger partial charge in [-0.05, 0) is 19.1 Å². The van der Waals surface area contributed by atoms with Gasteiger partial charge in [0, 0.05) is 19.3 Å². The van der Waals surface area contributed by atoms with E-state index in [0.29, 0.717) is 5.76 Å². The van der Waals surface area contributed by atoms with Gasteiger partial charge in [-0.2, -0.15) is 0 Å². The Bertz CT molecular complexity index is 988. The highest BCUT2D eigenvalue weighted by molar-refractivity contribution is 7.91. The molecule has 2 fully saturated rings. The fourth-order valence-electron chi connectivity index (χ4n) is 3.74. The lowest BCUT2D eigenvalue weighted by molar-refractivity contribution is 0.0274. The molecule has 142 valence electrons. The topological polar surface area (TPSA) is 114 Å². The summed E-state index contributed by atoms with van der Waals surface area (Å²) in [6, 6.07) is 3.79. The molecule has 4 rings (SSSR count). The highest BCUT2D eigenvalue weighted by Gasteiger charge is 2.50. The number of carbonyl (C=O) groups excluding carboxylic acids is 2. The maximum absolute atomic E-state index is 12.9. The van der Waals surface area contributed by atoms with Gasteiger partial charge in [0.15, 0.2) is 21.9 Å². The van der Waals surface area contributed by atoms with Crippen LogP contribution in [0.1, 0.15) is 26.7 Å². The minimum absolute atomic E-state index is 0.169. The van der Waals surface area contributed by atoms with Crippen molar-refractivity contribution in [2.24, 2.45) is 0 Å². The molecule has 9 nitrogen and oxygen atoms in total. The molecule has 2 saturated heterocycles. The number of aromatic nitrogens is 2. The maximum atomic E-state index is 12.9. The summed E-state index contributed by atoms with van der Waals surface area (Å²) >= 11 is 0. The van der Waals surface area contributed by atoms with E-state index in [1.54, 1.807) is 25.1 Å². The summed E-state index contributed by atoms with van der Waals surface area (Å²) in [7, 11) is -3.37. The normalized spacial score (nSPS) is 23.9. The standard InChI is InChI=1S/C17H18N4O5S/c1-11-15(19-10-26-11)17(23)21-7-6-20(13-8-27(24,25)9-14(13)21)16(22)12-4-2-3-5-18-12/h2-5,10,13-14H,6-9H2,1H3. The highest BCUT2D eigenvalue weighted by Crippen LogP contribution is 2.29. The van der Waals surface area contributed by atoms with Crippen LogP contribution in [-0.4, -0.2) is 76.7 Å². The van der Waals surface area contributed by atoms with Crippen LogP contribution in [0.5, 0.6) is 0 Å². The van der Waals surface area contributed by atoms with Crippen LogP contribution in [0.4, 0.5) is 0 Å². The predicted molar refractivity (Wildman–Crippen MR) is 93.8 cm³/mol. The van der Waals surface area contributed by atoms with Gasteiger partial charge >= 0.3 is 0 Å². The van der Waals surface area contributed by atoms with Gasteiger partial charge < -0.3 is 14.2 Å². The number of rotatable bonds is 2. The molecule has 0 radical (unpaired) electrons. The highest BCUT2D eigenvalue weighted by atomic mass is 32.2. The molecule has 0 bridgehead atoms. The smallest absolute Gasteiger partial charge is 0.276 e. The number of carbonyl (C=O) groups is 2. The van der Waals surface area contributed by atoms with E-state index in [2.05, 4.69) is 9.97 Å². The van der Waals surface area contributed by atoms with Crippen LogP contribution >= 0.6 is 0 Å². The van der Waals surface area contributed by atoms with E-state index in [1.807, 2.05) is 0 Å². The lowest BCUT2D eigenvalue weighted by atomic mass is 10.0. The summed E-state index contributed by atoms with van der Waals surface area (Å²) in [5.74, 6) is -0.667. The molecule has 0 spiro atoms. The zero-order chi connectivity index (χ0) is 19.2. The first-order chi connectivity index (χ1) is 12.9. The molecule has 2 aliphatic rings. The van der Waals surface area contributed by atoms with Crippen LogP contribution in [0, 0.1) is 6.92 Å². The van der Waals surface area contributed by atoms with Crippen LogP contribution in [0.15, 0.2) is 35.2 Å². The first-order valence-corrected chi connectivity index (χ1v) is 10.3. The molecule has 2 aromatic rings. The summed E-state index contributed by atoms with van der Waals surface area (Å²) in [5.41, 5.74) is 0.426. The van der Waals surface area contributed by atoms with Gasteiger partial charge in [-0.1, -0.05) is 6.07 Å². The molecular formula is C17H18N4O5S. The largest absolute Gasteiger partial charge is 0.448 e. The fourth-order valence-corrected chi connectivity index (χ4v) is 5.72. The van der Waals surface area contributed by atoms with Gasteiger partial charge in [-0.25, -0.2) is 13.4 Å². The number of piperazine rings is 1. The fraction of sp³-hybridized carbons (Fsp3) is 0.412. The van der Waals surface area contributed by atoms with Crippen molar-refractivity contribution in [3.63, 3.8) is 0 Å². The molecule has 0 aliphatic carbocycles. The second-order valence-corrected chi connectivity index (χ2v) is 8.83. The van der Waals surface area contributed by atoms with Gasteiger partial charge in [0.05, 0.1) is 23.6 Å². The Morgan fingerprint density at radius 3 is 2.30 bits per heavy atom. The number of oxazole rings is 1. The molecule has 0 N–H and O–H groups in total. The third-order valence-electron chi connectivity index (χ3n) is 5.03. The van der Waals surface area contributed by atoms with Crippen molar-refractivity contribution in [3.05, 3.63) is 47.9 Å². The summed E-state index contributed by atoms with van der Waals surface area (Å²) < 4.78 is 29.7. The monoisotopic (exact) mass is 390 g/mol. The Kier molecular flexibility index (Phi) is 4.22. The number of fused-ring (bicyclic) bond motifs is 1. The molecule has 27 heavy (non-hydrogen) atoms. The van der Waals surface area contributed by atoms with Crippen molar-refractivity contribution < 1.29 is 22.4 Å². The van der Waals surface area contributed by atoms with Crippen molar-refractivity contribution in [2.75, 3.05) is 24.6 Å². The van der Waals surface area contributed by atoms with Crippen molar-refractivity contribution in [1.82, 2.24) is 19.8 Å². The average molecular weight is 390 g/mol. The van der Waals surface area contributed by atoms with Crippen LogP contribution in [0.3, 0.4) is 0 Å². The number of amides is 2. The first kappa shape index (κ1) is 17.7. The van der Waals surface area contributed by atoms with Gasteiger partial charge in [-0.3, -0.25) is 14.6 Å². The zero-order valence-electron chi connectivity index (χ0n) is 14.6. The van der Waals surface area contributed by atoms with Crippen LogP contribution in [-0.2, 0) is 9.84 Å². The van der Waals surface area contributed by atoms with Crippen LogP contribution < -0.4 is 0 Å². The van der Waals surface area contributed by atoms with E-state index in [4.69, 9.17) is 4.42 Å². The van der Waals surface area contributed by atoms with Crippen molar-refractivity contribution in [1.29, 1.82) is 0 Å². The molecule has 2 aliphatic heterocycles. The van der Waals surface area contributed by atoms with E-state index < -0.39 is 21.9 Å². The third kappa shape index (κ3) is 3.09. The SMILES string of the molecule is Cc1ocnc1C(=O)N1CCN(C(=O)c2ccccn2)C2CS(=O)(=O)CC21. The molecule has 10 heteroatoms. The Morgan fingerprint density at radius 2 is 1.74 bits per heavy atom. The summed E-state index contributed by atoms with van der Waals surface area (Å²) in [5, 5.41) is 0. The molecule has 2 unspecified atom stereocenters. The van der Waals surface area contributed by atoms with E-state index in [1.165, 1.54) is 22.4 Å². The number of pyridine rings is 1. The van der Waals surface area contributed by atoms with Gasteiger partial charge in [0.25, 0.3) is 11.8 Å². The summed E-state index contributed by atoms with van der Waals surface area (Å²) in [4.78, 5) is 36.8. The van der Waals surface area contributed by atoms with Gasteiger partial charge in [0.1, 0.15) is 11.5 Å². The van der Waals surface area contributed by atoms with E-state index in [9.17, 15) is 18.0 Å². The number of aryl methyl sites for hydroxylation is 1. The Labute approximate surface area is 155 Å². The van der Waals surface area contributed by atoms with E-state index >= 15 is 0 Å². The van der Waals surface area contributed by atoms with Crippen LogP contribution in [0.2, 0.25) is 0 Å². The van der Waals surface area contributed by atoms with Crippen LogP contribution in [0.25, 0.3) is 0 Å². The number of sulfone groups is 1. The third-order valence-corrected chi connectivity index (χ3v) is 6.73. The molecule has 2 aromatic heterocycles. The number of hydrogen-bond donors (Lipinski definition) is 0. The Hall–Kier alpha value is -2.75. The zero-order valence-corrected chi connectivity index (χ0v) is 15.4. The van der Waals surface area contributed by atoms with Gasteiger partial charge in [0.2, 0.25) is 0 Å². The van der Waals surface area contributed by atoms with Crippen molar-refractivity contribution >= 4 is 21.7 Å². The van der Waals surface area contributed by atoms with Gasteiger partial charge in [-0.15, -0.1) is 0 Å². The first-order valence-electron chi connectivity index (χ1n) is 8.51. The quantitative estimate of drug-likeness (QED) is 0.717. The van der Waals surface area contributed by atoms with Crippen molar-refractivity contribution in [2.45, 2.75) is 19.0 Å². The molecule has 2 atom stereocenters. The summed E-state index contributed by atoms with van der Waals surface area (Å²) in [6.07, 6.45) is 2.70. The lowest BCUT2D eigenvalue weighted by Gasteiger charge is -2.43. The summed E-state index contributed by atoms with van der Waals surface area (Å²) in [6.45, 7) is 2.08. The number of hydrogen-bond acceptors (Lipinski definition) is 7. The molecule has 0 aromatic carbocycles.